The second-order valence-corrected chi connectivity index (χ2v) is 2.94. The number of halogens is 1. The van der Waals surface area contributed by atoms with Crippen LogP contribution in [0.3, 0.4) is 0 Å². The van der Waals surface area contributed by atoms with Crippen molar-refractivity contribution in [3.63, 3.8) is 0 Å². The lowest BCUT2D eigenvalue weighted by Crippen LogP contribution is -2.16. The minimum Gasteiger partial charge on any atom is -0.471 e. The van der Waals surface area contributed by atoms with Crippen molar-refractivity contribution in [2.24, 2.45) is 12.2 Å². The van der Waals surface area contributed by atoms with E-state index in [4.69, 9.17) is 21.2 Å². The first-order valence-corrected chi connectivity index (χ1v) is 4.17. The molecule has 0 saturated heterocycles. The van der Waals surface area contributed by atoms with Gasteiger partial charge in [0.1, 0.15) is 6.61 Å². The maximum absolute atomic E-state index is 5.83. The van der Waals surface area contributed by atoms with Crippen LogP contribution in [0.1, 0.15) is 5.56 Å². The van der Waals surface area contributed by atoms with Crippen molar-refractivity contribution in [1.29, 1.82) is 0 Å². The third kappa shape index (κ3) is 1.60. The number of rotatable bonds is 1. The van der Waals surface area contributed by atoms with Gasteiger partial charge in [-0.3, -0.25) is 4.68 Å². The molecule has 2 rings (SSSR count). The molecule has 0 fully saturated rings. The number of hydrogen-bond donors (Lipinski definition) is 0. The highest BCUT2D eigenvalue weighted by atomic mass is 35.5. The van der Waals surface area contributed by atoms with Gasteiger partial charge >= 0.3 is 0 Å². The number of aromatic nitrogens is 2. The Labute approximate surface area is 79.9 Å². The van der Waals surface area contributed by atoms with Crippen LogP contribution in [0.25, 0.3) is 0 Å². The van der Waals surface area contributed by atoms with Gasteiger partial charge in [0, 0.05) is 13.2 Å². The van der Waals surface area contributed by atoms with Gasteiger partial charge in [0.05, 0.1) is 5.56 Å². The molecule has 0 bridgehead atoms. The van der Waals surface area contributed by atoms with Crippen molar-refractivity contribution < 1.29 is 9.57 Å². The molecule has 0 atom stereocenters. The molecule has 13 heavy (non-hydrogen) atoms. The van der Waals surface area contributed by atoms with Crippen molar-refractivity contribution in [2.75, 3.05) is 13.2 Å². The minimum absolute atomic E-state index is 0.367. The summed E-state index contributed by atoms with van der Waals surface area (Å²) in [7, 11) is 1.78. The molecule has 1 aliphatic rings. The summed E-state index contributed by atoms with van der Waals surface area (Å²) in [6, 6.07) is 0. The lowest BCUT2D eigenvalue weighted by atomic mass is 10.3. The lowest BCUT2D eigenvalue weighted by Gasteiger charge is -2.11. The van der Waals surface area contributed by atoms with Gasteiger partial charge in [-0.15, -0.1) is 0 Å². The zero-order chi connectivity index (χ0) is 9.26. The van der Waals surface area contributed by atoms with Crippen molar-refractivity contribution in [1.82, 2.24) is 9.78 Å². The Morgan fingerprint density at radius 2 is 2.38 bits per heavy atom. The summed E-state index contributed by atoms with van der Waals surface area (Å²) in [6.07, 6.45) is 1.73. The smallest absolute Gasteiger partial charge is 0.262 e. The number of hydrogen-bond acceptors (Lipinski definition) is 4. The fourth-order valence-corrected chi connectivity index (χ4v) is 1.29. The van der Waals surface area contributed by atoms with Crippen molar-refractivity contribution in [3.8, 4) is 0 Å². The molecule has 1 aromatic heterocycles. The van der Waals surface area contributed by atoms with E-state index in [1.807, 2.05) is 0 Å². The van der Waals surface area contributed by atoms with Crippen LogP contribution < -0.4 is 0 Å². The fraction of sp³-hybridized carbons (Fsp3) is 0.429. The Balaban J connectivity index is 2.33. The van der Waals surface area contributed by atoms with E-state index in [2.05, 4.69) is 10.3 Å². The van der Waals surface area contributed by atoms with E-state index >= 15 is 0 Å². The highest BCUT2D eigenvalue weighted by Crippen LogP contribution is 2.15. The molecule has 6 heteroatoms. The van der Waals surface area contributed by atoms with Gasteiger partial charge < -0.3 is 9.57 Å². The third-order valence-corrected chi connectivity index (χ3v) is 1.85. The van der Waals surface area contributed by atoms with Crippen LogP contribution in [0.5, 0.6) is 0 Å². The molecule has 1 aromatic rings. The molecule has 5 nitrogen and oxygen atoms in total. The quantitative estimate of drug-likeness (QED) is 0.675. The van der Waals surface area contributed by atoms with Crippen molar-refractivity contribution in [2.45, 2.75) is 0 Å². The van der Waals surface area contributed by atoms with Crippen LogP contribution in [0.2, 0.25) is 5.15 Å². The first kappa shape index (κ1) is 8.37. The van der Waals surface area contributed by atoms with Gasteiger partial charge in [0.15, 0.2) is 11.8 Å². The van der Waals surface area contributed by atoms with Gasteiger partial charge in [0.25, 0.3) is 5.90 Å². The summed E-state index contributed by atoms with van der Waals surface area (Å²) in [5.41, 5.74) is 0.656. The number of nitrogens with zero attached hydrogens (tertiary/aromatic N) is 3. The molecule has 0 unspecified atom stereocenters. The van der Waals surface area contributed by atoms with Crippen LogP contribution in [-0.2, 0) is 16.6 Å². The maximum Gasteiger partial charge on any atom is 0.262 e. The van der Waals surface area contributed by atoms with Gasteiger partial charge in [-0.1, -0.05) is 11.6 Å². The Bertz CT molecular complexity index is 348. The number of ether oxygens (including phenoxy) is 1. The van der Waals surface area contributed by atoms with Gasteiger partial charge in [-0.05, 0) is 5.16 Å². The summed E-state index contributed by atoms with van der Waals surface area (Å²) >= 11 is 5.83. The van der Waals surface area contributed by atoms with Gasteiger partial charge in [0.2, 0.25) is 0 Å². The van der Waals surface area contributed by atoms with Gasteiger partial charge in [-0.25, -0.2) is 0 Å². The van der Waals surface area contributed by atoms with E-state index in [9.17, 15) is 0 Å². The zero-order valence-corrected chi connectivity index (χ0v) is 7.78. The Hall–Kier alpha value is -1.23. The zero-order valence-electron chi connectivity index (χ0n) is 7.03. The minimum atomic E-state index is 0.367. The molecule has 0 aliphatic carbocycles. The van der Waals surface area contributed by atoms with E-state index in [1.54, 1.807) is 17.9 Å². The summed E-state index contributed by atoms with van der Waals surface area (Å²) in [5.74, 6) is 0.393. The SMILES string of the molecule is Cn1cc(C2=NOCCO2)c(Cl)n1. The first-order valence-electron chi connectivity index (χ1n) is 3.79. The van der Waals surface area contributed by atoms with E-state index in [1.165, 1.54) is 0 Å². The molecule has 0 radical (unpaired) electrons. The summed E-state index contributed by atoms with van der Waals surface area (Å²) in [4.78, 5) is 4.87. The molecule has 0 aromatic carbocycles. The molecule has 0 N–H and O–H groups in total. The molecule has 0 amide bonds. The highest BCUT2D eigenvalue weighted by molar-refractivity contribution is 6.32. The Morgan fingerprint density at radius 3 is 2.92 bits per heavy atom. The van der Waals surface area contributed by atoms with Crippen LogP contribution in [0.4, 0.5) is 0 Å². The van der Waals surface area contributed by atoms with Crippen molar-refractivity contribution in [3.05, 3.63) is 16.9 Å². The fourth-order valence-electron chi connectivity index (χ4n) is 1.04. The van der Waals surface area contributed by atoms with Crippen molar-refractivity contribution >= 4 is 17.5 Å². The van der Waals surface area contributed by atoms with E-state index in [0.29, 0.717) is 29.8 Å². The predicted molar refractivity (Wildman–Crippen MR) is 46.7 cm³/mol. The maximum atomic E-state index is 5.83. The molecule has 70 valence electrons. The van der Waals surface area contributed by atoms with Crippen LogP contribution >= 0.6 is 11.6 Å². The first-order chi connectivity index (χ1) is 6.27. The van der Waals surface area contributed by atoms with Crippen LogP contribution in [0, 0.1) is 0 Å². The van der Waals surface area contributed by atoms with Crippen LogP contribution in [-0.4, -0.2) is 28.9 Å². The molecule has 0 spiro atoms. The largest absolute Gasteiger partial charge is 0.471 e. The number of aryl methyl sites for hydroxylation is 1. The molecule has 2 heterocycles. The average molecular weight is 202 g/mol. The Kier molecular flexibility index (Phi) is 2.10. The summed E-state index contributed by atoms with van der Waals surface area (Å²) < 4.78 is 6.84. The molecule has 0 saturated carbocycles. The lowest BCUT2D eigenvalue weighted by molar-refractivity contribution is 0.0655. The normalized spacial score (nSPS) is 16.0. The van der Waals surface area contributed by atoms with Gasteiger partial charge in [-0.2, -0.15) is 5.10 Å². The Morgan fingerprint density at radius 1 is 1.54 bits per heavy atom. The number of oxime groups is 1. The van der Waals surface area contributed by atoms with E-state index in [0.717, 1.165) is 0 Å². The standard InChI is InChI=1S/C7H8ClN3O2/c1-11-4-5(6(8)9-11)7-10-13-3-2-12-7/h4H,2-3H2,1H3. The highest BCUT2D eigenvalue weighted by Gasteiger charge is 2.16. The van der Waals surface area contributed by atoms with E-state index < -0.39 is 0 Å². The molecule has 1 aliphatic heterocycles. The molecular formula is C7H8ClN3O2. The summed E-state index contributed by atoms with van der Waals surface area (Å²) in [6.45, 7) is 0.964. The summed E-state index contributed by atoms with van der Waals surface area (Å²) in [5, 5.41) is 8.05. The second kappa shape index (κ2) is 3.26. The average Bonchev–Trinajstić information content (AvgIpc) is 2.47. The predicted octanol–water partition coefficient (Wildman–Crippen LogP) is 0.782. The second-order valence-electron chi connectivity index (χ2n) is 2.59. The van der Waals surface area contributed by atoms with Crippen LogP contribution in [0.15, 0.2) is 11.4 Å². The monoisotopic (exact) mass is 201 g/mol. The molecular weight excluding hydrogens is 194 g/mol. The van der Waals surface area contributed by atoms with E-state index in [-0.39, 0.29) is 0 Å². The third-order valence-electron chi connectivity index (χ3n) is 1.57. The topological polar surface area (TPSA) is 48.6 Å².